The summed E-state index contributed by atoms with van der Waals surface area (Å²) in [7, 11) is 1.22. The van der Waals surface area contributed by atoms with E-state index in [-0.39, 0.29) is 20.8 Å². The second-order valence-electron chi connectivity index (χ2n) is 3.41. The number of aromatic nitrogens is 1. The smallest absolute Gasteiger partial charge is 0.351 e. The normalized spacial score (nSPS) is 10.3. The molecule has 0 saturated carbocycles. The van der Waals surface area contributed by atoms with Gasteiger partial charge in [-0.3, -0.25) is 0 Å². The van der Waals surface area contributed by atoms with Crippen LogP contribution in [0, 0.1) is 11.6 Å². The minimum Gasteiger partial charge on any atom is -0.465 e. The van der Waals surface area contributed by atoms with Crippen molar-refractivity contribution in [3.8, 4) is 0 Å². The van der Waals surface area contributed by atoms with Crippen molar-refractivity contribution in [3.63, 3.8) is 0 Å². The van der Waals surface area contributed by atoms with E-state index >= 15 is 0 Å². The molecule has 0 aliphatic heterocycles. The lowest BCUT2D eigenvalue weighted by Gasteiger charge is -2.02. The summed E-state index contributed by atoms with van der Waals surface area (Å²) in [6, 6.07) is 2.94. The first-order chi connectivity index (χ1) is 8.99. The van der Waals surface area contributed by atoms with Crippen LogP contribution < -0.4 is 5.32 Å². The van der Waals surface area contributed by atoms with Gasteiger partial charge in [0.25, 0.3) is 0 Å². The number of methoxy groups -OCH3 is 1. The van der Waals surface area contributed by atoms with Crippen molar-refractivity contribution in [1.82, 2.24) is 4.98 Å². The Morgan fingerprint density at radius 1 is 1.37 bits per heavy atom. The van der Waals surface area contributed by atoms with Crippen molar-refractivity contribution >= 4 is 39.7 Å². The number of hydrogen-bond donors (Lipinski definition) is 1. The number of ether oxygens (including phenoxy) is 1. The van der Waals surface area contributed by atoms with Gasteiger partial charge in [-0.15, -0.1) is 0 Å². The number of esters is 1. The predicted molar refractivity (Wildman–Crippen MR) is 68.1 cm³/mol. The second kappa shape index (κ2) is 5.50. The Balaban J connectivity index is 2.26. The number of carbonyl (C=O) groups excluding carboxylic acids is 1. The molecular weight excluding hydrogens is 298 g/mol. The van der Waals surface area contributed by atoms with Gasteiger partial charge in [-0.05, 0) is 12.1 Å². The molecule has 100 valence electrons. The highest BCUT2D eigenvalue weighted by Gasteiger charge is 2.17. The predicted octanol–water partition coefficient (Wildman–Crippen LogP) is 3.60. The number of halogens is 3. The van der Waals surface area contributed by atoms with E-state index in [0.717, 1.165) is 29.5 Å². The second-order valence-corrected chi connectivity index (χ2v) is 4.77. The molecule has 2 rings (SSSR count). The van der Waals surface area contributed by atoms with Crippen molar-refractivity contribution in [2.75, 3.05) is 12.4 Å². The van der Waals surface area contributed by atoms with E-state index in [2.05, 4.69) is 15.0 Å². The molecule has 1 N–H and O–H groups in total. The zero-order chi connectivity index (χ0) is 14.0. The molecule has 1 aromatic carbocycles. The van der Waals surface area contributed by atoms with Crippen molar-refractivity contribution in [2.45, 2.75) is 0 Å². The molecule has 19 heavy (non-hydrogen) atoms. The van der Waals surface area contributed by atoms with Crippen LogP contribution in [0.4, 0.5) is 19.6 Å². The molecule has 0 fully saturated rings. The SMILES string of the molecule is COC(=O)c1sc(Nc2cc(F)cc(F)c2)nc1Cl. The Kier molecular flexibility index (Phi) is 3.96. The lowest BCUT2D eigenvalue weighted by Crippen LogP contribution is -1.98. The molecule has 0 amide bonds. The highest BCUT2D eigenvalue weighted by molar-refractivity contribution is 7.18. The van der Waals surface area contributed by atoms with E-state index in [0.29, 0.717) is 0 Å². The van der Waals surface area contributed by atoms with Crippen LogP contribution in [0.25, 0.3) is 0 Å². The van der Waals surface area contributed by atoms with Crippen molar-refractivity contribution < 1.29 is 18.3 Å². The molecule has 0 aliphatic carbocycles. The molecular formula is C11H7ClF2N2O2S. The van der Waals surface area contributed by atoms with Crippen LogP contribution in [-0.2, 0) is 4.74 Å². The number of nitrogens with one attached hydrogen (secondary N) is 1. The fraction of sp³-hybridized carbons (Fsp3) is 0.0909. The number of carbonyl (C=O) groups is 1. The van der Waals surface area contributed by atoms with Gasteiger partial charge in [-0.25, -0.2) is 18.6 Å². The lowest BCUT2D eigenvalue weighted by molar-refractivity contribution is 0.0606. The van der Waals surface area contributed by atoms with E-state index in [1.807, 2.05) is 0 Å². The first kappa shape index (κ1) is 13.7. The molecule has 1 heterocycles. The van der Waals surface area contributed by atoms with Gasteiger partial charge < -0.3 is 10.1 Å². The highest BCUT2D eigenvalue weighted by Crippen LogP contribution is 2.30. The minimum absolute atomic E-state index is 0.0313. The van der Waals surface area contributed by atoms with Crippen LogP contribution in [-0.4, -0.2) is 18.1 Å². The van der Waals surface area contributed by atoms with Gasteiger partial charge in [0.05, 0.1) is 7.11 Å². The zero-order valence-corrected chi connectivity index (χ0v) is 11.1. The van der Waals surface area contributed by atoms with Gasteiger partial charge >= 0.3 is 5.97 Å². The van der Waals surface area contributed by atoms with Gasteiger partial charge in [0.15, 0.2) is 15.2 Å². The van der Waals surface area contributed by atoms with E-state index in [1.54, 1.807) is 0 Å². The first-order valence-electron chi connectivity index (χ1n) is 4.97. The summed E-state index contributed by atoms with van der Waals surface area (Å²) in [6.07, 6.45) is 0. The average molecular weight is 305 g/mol. The van der Waals surface area contributed by atoms with Crippen molar-refractivity contribution in [1.29, 1.82) is 0 Å². The summed E-state index contributed by atoms with van der Waals surface area (Å²) in [4.78, 5) is 15.3. The van der Waals surface area contributed by atoms with Crippen LogP contribution in [0.2, 0.25) is 5.15 Å². The maximum atomic E-state index is 13.0. The van der Waals surface area contributed by atoms with E-state index in [4.69, 9.17) is 11.6 Å². The summed E-state index contributed by atoms with van der Waals surface area (Å²) in [5, 5.41) is 2.86. The quantitative estimate of drug-likeness (QED) is 0.880. The van der Waals surface area contributed by atoms with Crippen molar-refractivity contribution in [3.05, 3.63) is 39.9 Å². The number of anilines is 2. The van der Waals surface area contributed by atoms with E-state index in [9.17, 15) is 13.6 Å². The van der Waals surface area contributed by atoms with Gasteiger partial charge in [0, 0.05) is 11.8 Å². The van der Waals surface area contributed by atoms with Gasteiger partial charge in [-0.1, -0.05) is 22.9 Å². The number of thiazole rings is 1. The summed E-state index contributed by atoms with van der Waals surface area (Å²) in [5.41, 5.74) is 0.166. The molecule has 8 heteroatoms. The summed E-state index contributed by atoms with van der Waals surface area (Å²) in [5.74, 6) is -2.07. The highest BCUT2D eigenvalue weighted by atomic mass is 35.5. The summed E-state index contributed by atoms with van der Waals surface area (Å²) >= 11 is 6.68. The maximum absolute atomic E-state index is 13.0. The minimum atomic E-state index is -0.724. The molecule has 2 aromatic rings. The fourth-order valence-corrected chi connectivity index (χ4v) is 2.45. The molecule has 0 radical (unpaired) electrons. The number of benzene rings is 1. The van der Waals surface area contributed by atoms with Gasteiger partial charge in [0.1, 0.15) is 11.6 Å². The third kappa shape index (κ3) is 3.18. The number of rotatable bonds is 3. The summed E-state index contributed by atoms with van der Waals surface area (Å²) < 4.78 is 30.5. The van der Waals surface area contributed by atoms with E-state index in [1.165, 1.54) is 7.11 Å². The first-order valence-corrected chi connectivity index (χ1v) is 6.17. The third-order valence-electron chi connectivity index (χ3n) is 2.07. The van der Waals surface area contributed by atoms with Crippen molar-refractivity contribution in [2.24, 2.45) is 0 Å². The molecule has 4 nitrogen and oxygen atoms in total. The van der Waals surface area contributed by atoms with Crippen LogP contribution in [0.5, 0.6) is 0 Å². The molecule has 0 unspecified atom stereocenters. The Morgan fingerprint density at radius 2 is 2.00 bits per heavy atom. The Hall–Kier alpha value is -1.73. The molecule has 0 bridgehead atoms. The largest absolute Gasteiger partial charge is 0.465 e. The summed E-state index contributed by atoms with van der Waals surface area (Å²) in [6.45, 7) is 0. The Bertz CT molecular complexity index is 613. The molecule has 1 aromatic heterocycles. The molecule has 0 saturated heterocycles. The van der Waals surface area contributed by atoms with E-state index < -0.39 is 17.6 Å². The average Bonchev–Trinajstić information content (AvgIpc) is 2.68. The number of hydrogen-bond acceptors (Lipinski definition) is 5. The third-order valence-corrected chi connectivity index (χ3v) is 3.41. The molecule has 0 atom stereocenters. The monoisotopic (exact) mass is 304 g/mol. The van der Waals surface area contributed by atoms with Crippen LogP contribution in [0.15, 0.2) is 18.2 Å². The zero-order valence-electron chi connectivity index (χ0n) is 9.54. The molecule has 0 spiro atoms. The van der Waals surface area contributed by atoms with Crippen LogP contribution >= 0.6 is 22.9 Å². The topological polar surface area (TPSA) is 51.2 Å². The Labute approximate surface area is 116 Å². The van der Waals surface area contributed by atoms with Crippen LogP contribution in [0.3, 0.4) is 0 Å². The van der Waals surface area contributed by atoms with Crippen LogP contribution in [0.1, 0.15) is 9.67 Å². The number of nitrogens with zero attached hydrogens (tertiary/aromatic N) is 1. The molecule has 0 aliphatic rings. The maximum Gasteiger partial charge on any atom is 0.351 e. The Morgan fingerprint density at radius 3 is 2.58 bits per heavy atom. The van der Waals surface area contributed by atoms with Gasteiger partial charge in [0.2, 0.25) is 0 Å². The fourth-order valence-electron chi connectivity index (χ4n) is 1.32. The van der Waals surface area contributed by atoms with Gasteiger partial charge in [-0.2, -0.15) is 0 Å². The standard InChI is InChI=1S/C11H7ClF2N2O2S/c1-18-10(17)8-9(12)16-11(19-8)15-7-3-5(13)2-6(14)4-7/h2-4H,1H3,(H,15,16). The lowest BCUT2D eigenvalue weighted by atomic mass is 10.3.